The SMILES string of the molecule is C=CCn1c(SCc2csc(-c3ccc4c(c3)OCO4)n2)nnc1-c1ccc(Br)o1. The average molecular weight is 503 g/mol. The summed E-state index contributed by atoms with van der Waals surface area (Å²) in [5.41, 5.74) is 1.99. The van der Waals surface area contributed by atoms with Gasteiger partial charge in [0.2, 0.25) is 12.6 Å². The van der Waals surface area contributed by atoms with Gasteiger partial charge in [0, 0.05) is 23.2 Å². The van der Waals surface area contributed by atoms with E-state index in [1.807, 2.05) is 41.0 Å². The molecule has 4 heterocycles. The summed E-state index contributed by atoms with van der Waals surface area (Å²) < 4.78 is 19.1. The van der Waals surface area contributed by atoms with Gasteiger partial charge < -0.3 is 13.9 Å². The highest BCUT2D eigenvalue weighted by atomic mass is 79.9. The quantitative estimate of drug-likeness (QED) is 0.239. The van der Waals surface area contributed by atoms with E-state index in [9.17, 15) is 0 Å². The van der Waals surface area contributed by atoms with Crippen LogP contribution in [0.15, 0.2) is 62.6 Å². The molecule has 0 aliphatic carbocycles. The van der Waals surface area contributed by atoms with Gasteiger partial charge >= 0.3 is 0 Å². The van der Waals surface area contributed by atoms with E-state index >= 15 is 0 Å². The Morgan fingerprint density at radius 1 is 1.20 bits per heavy atom. The van der Waals surface area contributed by atoms with Gasteiger partial charge in [0.1, 0.15) is 5.01 Å². The molecule has 1 aromatic carbocycles. The van der Waals surface area contributed by atoms with E-state index in [1.165, 1.54) is 0 Å². The fourth-order valence-corrected chi connectivity index (χ4v) is 5.05. The number of halogens is 1. The lowest BCUT2D eigenvalue weighted by atomic mass is 10.2. The van der Waals surface area contributed by atoms with E-state index < -0.39 is 0 Å². The molecule has 1 aliphatic heterocycles. The second-order valence-electron chi connectivity index (χ2n) is 6.31. The molecule has 0 N–H and O–H groups in total. The van der Waals surface area contributed by atoms with Crippen molar-refractivity contribution >= 4 is 39.0 Å². The van der Waals surface area contributed by atoms with Crippen LogP contribution in [0.5, 0.6) is 11.5 Å². The first-order chi connectivity index (χ1) is 14.7. The number of hydrogen-bond acceptors (Lipinski definition) is 8. The summed E-state index contributed by atoms with van der Waals surface area (Å²) in [6.45, 7) is 4.69. The van der Waals surface area contributed by atoms with Crippen molar-refractivity contribution in [1.82, 2.24) is 19.7 Å². The van der Waals surface area contributed by atoms with Crippen LogP contribution in [0.2, 0.25) is 0 Å². The summed E-state index contributed by atoms with van der Waals surface area (Å²) in [7, 11) is 0. The first-order valence-electron chi connectivity index (χ1n) is 8.98. The van der Waals surface area contributed by atoms with Crippen LogP contribution in [-0.2, 0) is 12.3 Å². The molecule has 0 fully saturated rings. The number of rotatable bonds is 7. The molecule has 30 heavy (non-hydrogen) atoms. The molecule has 0 bridgehead atoms. The number of furan rings is 1. The monoisotopic (exact) mass is 502 g/mol. The predicted molar refractivity (Wildman–Crippen MR) is 119 cm³/mol. The summed E-state index contributed by atoms with van der Waals surface area (Å²) in [4.78, 5) is 4.76. The van der Waals surface area contributed by atoms with Gasteiger partial charge in [-0.25, -0.2) is 4.98 Å². The highest BCUT2D eigenvalue weighted by Gasteiger charge is 2.18. The zero-order chi connectivity index (χ0) is 20.5. The number of thioether (sulfide) groups is 1. The lowest BCUT2D eigenvalue weighted by molar-refractivity contribution is 0.174. The molecule has 10 heteroatoms. The van der Waals surface area contributed by atoms with Gasteiger partial charge in [-0.2, -0.15) is 0 Å². The summed E-state index contributed by atoms with van der Waals surface area (Å²) in [5, 5.41) is 12.4. The summed E-state index contributed by atoms with van der Waals surface area (Å²) in [5.74, 6) is 3.53. The second kappa shape index (κ2) is 8.29. The van der Waals surface area contributed by atoms with Gasteiger partial charge in [-0.15, -0.1) is 28.1 Å². The molecule has 0 spiro atoms. The smallest absolute Gasteiger partial charge is 0.231 e. The normalized spacial score (nSPS) is 12.4. The average Bonchev–Trinajstić information content (AvgIpc) is 3.53. The molecular weight excluding hydrogens is 488 g/mol. The van der Waals surface area contributed by atoms with Crippen molar-refractivity contribution in [1.29, 1.82) is 0 Å². The van der Waals surface area contributed by atoms with Crippen LogP contribution < -0.4 is 9.47 Å². The number of hydrogen-bond donors (Lipinski definition) is 0. The molecule has 4 aromatic rings. The molecule has 0 radical (unpaired) electrons. The van der Waals surface area contributed by atoms with Gasteiger partial charge in [0.15, 0.2) is 27.1 Å². The number of aromatic nitrogens is 4. The number of thiazole rings is 1. The molecule has 0 saturated heterocycles. The lowest BCUT2D eigenvalue weighted by Crippen LogP contribution is -2.00. The largest absolute Gasteiger partial charge is 0.454 e. The van der Waals surface area contributed by atoms with Crippen molar-refractivity contribution in [3.05, 3.63) is 58.7 Å². The zero-order valence-electron chi connectivity index (χ0n) is 15.6. The Bertz CT molecular complexity index is 1220. The van der Waals surface area contributed by atoms with Crippen LogP contribution in [0.4, 0.5) is 0 Å². The first-order valence-corrected chi connectivity index (χ1v) is 11.6. The molecule has 3 aromatic heterocycles. The van der Waals surface area contributed by atoms with Gasteiger partial charge in [0.25, 0.3) is 0 Å². The Kier molecular flexibility index (Phi) is 5.36. The number of allylic oxidation sites excluding steroid dienone is 1. The minimum atomic E-state index is 0.265. The number of benzene rings is 1. The van der Waals surface area contributed by atoms with Crippen molar-refractivity contribution in [2.24, 2.45) is 0 Å². The van der Waals surface area contributed by atoms with Crippen LogP contribution in [0, 0.1) is 0 Å². The maximum Gasteiger partial charge on any atom is 0.231 e. The molecule has 0 amide bonds. The molecule has 7 nitrogen and oxygen atoms in total. The Morgan fingerprint density at radius 3 is 2.93 bits per heavy atom. The van der Waals surface area contributed by atoms with Gasteiger partial charge in [-0.1, -0.05) is 17.8 Å². The minimum Gasteiger partial charge on any atom is -0.454 e. The van der Waals surface area contributed by atoms with E-state index in [0.29, 0.717) is 28.6 Å². The first kappa shape index (κ1) is 19.4. The van der Waals surface area contributed by atoms with E-state index in [4.69, 9.17) is 18.9 Å². The number of ether oxygens (including phenoxy) is 2. The van der Waals surface area contributed by atoms with Crippen molar-refractivity contribution in [3.8, 4) is 33.7 Å². The third-order valence-corrected chi connectivity index (χ3v) is 6.71. The maximum atomic E-state index is 5.64. The van der Waals surface area contributed by atoms with Crippen LogP contribution in [0.3, 0.4) is 0 Å². The fourth-order valence-electron chi connectivity index (χ4n) is 2.98. The van der Waals surface area contributed by atoms with E-state index in [1.54, 1.807) is 23.1 Å². The molecule has 1 aliphatic rings. The Balaban J connectivity index is 1.33. The van der Waals surface area contributed by atoms with Crippen molar-refractivity contribution in [2.45, 2.75) is 17.5 Å². The molecule has 0 atom stereocenters. The number of nitrogens with zero attached hydrogens (tertiary/aromatic N) is 4. The zero-order valence-corrected chi connectivity index (χ0v) is 18.8. The van der Waals surface area contributed by atoms with E-state index in [0.717, 1.165) is 32.9 Å². The Morgan fingerprint density at radius 2 is 2.10 bits per heavy atom. The highest BCUT2D eigenvalue weighted by Crippen LogP contribution is 2.37. The molecule has 152 valence electrons. The maximum absolute atomic E-state index is 5.64. The topological polar surface area (TPSA) is 75.2 Å². The summed E-state index contributed by atoms with van der Waals surface area (Å²) in [6.07, 6.45) is 1.81. The Hall–Kier alpha value is -2.56. The molecule has 5 rings (SSSR count). The third-order valence-electron chi connectivity index (χ3n) is 4.34. The molecule has 0 unspecified atom stereocenters. The van der Waals surface area contributed by atoms with E-state index in [2.05, 4.69) is 38.1 Å². The van der Waals surface area contributed by atoms with E-state index in [-0.39, 0.29) is 6.79 Å². The second-order valence-corrected chi connectivity index (χ2v) is 8.89. The summed E-state index contributed by atoms with van der Waals surface area (Å²) >= 11 is 6.51. The molecular formula is C20H15BrN4O3S2. The van der Waals surface area contributed by atoms with Crippen molar-refractivity contribution in [3.63, 3.8) is 0 Å². The fraction of sp³-hybridized carbons (Fsp3) is 0.150. The third kappa shape index (κ3) is 3.78. The lowest BCUT2D eigenvalue weighted by Gasteiger charge is -2.05. The van der Waals surface area contributed by atoms with Crippen LogP contribution in [-0.4, -0.2) is 26.5 Å². The highest BCUT2D eigenvalue weighted by molar-refractivity contribution is 9.10. The van der Waals surface area contributed by atoms with Crippen molar-refractivity contribution < 1.29 is 13.9 Å². The van der Waals surface area contributed by atoms with Crippen LogP contribution in [0.1, 0.15) is 5.69 Å². The van der Waals surface area contributed by atoms with Gasteiger partial charge in [-0.3, -0.25) is 4.57 Å². The molecule has 0 saturated carbocycles. The summed E-state index contributed by atoms with van der Waals surface area (Å²) in [6, 6.07) is 9.58. The van der Waals surface area contributed by atoms with Crippen LogP contribution in [0.25, 0.3) is 22.2 Å². The van der Waals surface area contributed by atoms with Crippen LogP contribution >= 0.6 is 39.0 Å². The van der Waals surface area contributed by atoms with Crippen molar-refractivity contribution in [2.75, 3.05) is 6.79 Å². The number of fused-ring (bicyclic) bond motifs is 1. The van der Waals surface area contributed by atoms with Gasteiger partial charge in [-0.05, 0) is 46.3 Å². The predicted octanol–water partition coefficient (Wildman–Crippen LogP) is 5.63. The standard InChI is InChI=1S/C20H15BrN4O3S2/c1-2-7-25-18(15-5-6-17(21)28-15)23-24-20(25)30-10-13-9-29-19(22-13)12-3-4-14-16(8-12)27-11-26-14/h2-6,8-9H,1,7,10-11H2. The minimum absolute atomic E-state index is 0.265. The Labute approximate surface area is 188 Å². The van der Waals surface area contributed by atoms with Gasteiger partial charge in [0.05, 0.1) is 5.69 Å².